The number of alkyl halides is 3. The predicted molar refractivity (Wildman–Crippen MR) is 128 cm³/mol. The summed E-state index contributed by atoms with van der Waals surface area (Å²) in [6, 6.07) is 15.8. The third-order valence-corrected chi connectivity index (χ3v) is 6.30. The van der Waals surface area contributed by atoms with Gasteiger partial charge in [0.1, 0.15) is 0 Å². The number of carbonyl (C=O) groups is 1. The van der Waals surface area contributed by atoms with Gasteiger partial charge in [-0.25, -0.2) is 0 Å². The van der Waals surface area contributed by atoms with Crippen molar-refractivity contribution in [3.05, 3.63) is 95.3 Å². The van der Waals surface area contributed by atoms with Crippen LogP contribution in [-0.4, -0.2) is 25.7 Å². The summed E-state index contributed by atoms with van der Waals surface area (Å²) in [5, 5.41) is 12.1. The number of nitrogens with one attached hydrogen (secondary N) is 1. The fraction of sp³-hybridized carbons (Fsp3) is 0.200. The van der Waals surface area contributed by atoms with E-state index in [4.69, 9.17) is 0 Å². The summed E-state index contributed by atoms with van der Waals surface area (Å²) in [5.41, 5.74) is 2.02. The van der Waals surface area contributed by atoms with Gasteiger partial charge in [0.15, 0.2) is 11.0 Å². The van der Waals surface area contributed by atoms with Crippen molar-refractivity contribution in [1.82, 2.24) is 25.1 Å². The number of halogens is 3. The number of nitrogens with zero attached hydrogens (tertiary/aromatic N) is 4. The maximum absolute atomic E-state index is 12.9. The van der Waals surface area contributed by atoms with Crippen LogP contribution in [0.25, 0.3) is 11.4 Å². The van der Waals surface area contributed by atoms with E-state index in [9.17, 15) is 18.0 Å². The minimum absolute atomic E-state index is 0.00679. The molecule has 0 saturated carbocycles. The molecule has 0 unspecified atom stereocenters. The van der Waals surface area contributed by atoms with Gasteiger partial charge in [0, 0.05) is 42.4 Å². The van der Waals surface area contributed by atoms with E-state index < -0.39 is 11.7 Å². The molecule has 2 aromatic heterocycles. The molecule has 0 bridgehead atoms. The second-order valence-corrected chi connectivity index (χ2v) is 8.60. The van der Waals surface area contributed by atoms with E-state index in [0.29, 0.717) is 16.9 Å². The van der Waals surface area contributed by atoms with Crippen molar-refractivity contribution in [2.75, 3.05) is 0 Å². The van der Waals surface area contributed by atoms with Crippen LogP contribution in [0.3, 0.4) is 0 Å². The molecule has 0 aliphatic heterocycles. The zero-order valence-electron chi connectivity index (χ0n) is 18.8. The van der Waals surface area contributed by atoms with Gasteiger partial charge < -0.3 is 9.88 Å². The Hall–Kier alpha value is -3.66. The van der Waals surface area contributed by atoms with Gasteiger partial charge in [0.05, 0.1) is 5.56 Å². The molecular formula is C25H22F3N5OS. The van der Waals surface area contributed by atoms with Crippen LogP contribution in [0.15, 0.2) is 78.2 Å². The van der Waals surface area contributed by atoms with Crippen molar-refractivity contribution in [3.8, 4) is 11.4 Å². The smallest absolute Gasteiger partial charge is 0.348 e. The minimum Gasteiger partial charge on any atom is -0.348 e. The summed E-state index contributed by atoms with van der Waals surface area (Å²) in [7, 11) is 0. The number of carbonyl (C=O) groups excluding carboxylic acids is 1. The molecule has 2 aromatic carbocycles. The Morgan fingerprint density at radius 2 is 1.74 bits per heavy atom. The predicted octanol–water partition coefficient (Wildman–Crippen LogP) is 5.60. The molecule has 0 aliphatic rings. The van der Waals surface area contributed by atoms with E-state index >= 15 is 0 Å². The van der Waals surface area contributed by atoms with Crippen LogP contribution < -0.4 is 5.32 Å². The first-order valence-electron chi connectivity index (χ1n) is 10.8. The van der Waals surface area contributed by atoms with Crippen LogP contribution in [-0.2, 0) is 25.0 Å². The lowest BCUT2D eigenvalue weighted by Gasteiger charge is -2.10. The molecule has 180 valence electrons. The second kappa shape index (κ2) is 10.7. The Kier molecular flexibility index (Phi) is 7.50. The van der Waals surface area contributed by atoms with Crippen LogP contribution in [0.5, 0.6) is 0 Å². The number of amides is 1. The Morgan fingerprint density at radius 1 is 1.00 bits per heavy atom. The largest absolute Gasteiger partial charge is 0.416 e. The van der Waals surface area contributed by atoms with Gasteiger partial charge in [-0.1, -0.05) is 36.0 Å². The van der Waals surface area contributed by atoms with Crippen molar-refractivity contribution in [1.29, 1.82) is 0 Å². The van der Waals surface area contributed by atoms with E-state index in [1.165, 1.54) is 6.07 Å². The van der Waals surface area contributed by atoms with Crippen LogP contribution in [0.1, 0.15) is 34.0 Å². The molecule has 1 amide bonds. The number of aromatic nitrogens is 4. The molecule has 0 spiro atoms. The van der Waals surface area contributed by atoms with Gasteiger partial charge >= 0.3 is 6.18 Å². The standard InChI is InChI=1S/C25H22F3N5OS/c1-2-33-22(19-10-12-29-13-11-19)31-32-24(33)35-16-17-6-8-20(9-7-17)23(34)30-15-18-4-3-5-21(14-18)25(26,27)28/h3-14H,2,15-16H2,1H3,(H,30,34). The molecule has 0 fully saturated rings. The average molecular weight is 498 g/mol. The molecule has 10 heteroatoms. The summed E-state index contributed by atoms with van der Waals surface area (Å²) in [5.74, 6) is 1.07. The molecule has 1 N–H and O–H groups in total. The number of hydrogen-bond acceptors (Lipinski definition) is 5. The molecule has 35 heavy (non-hydrogen) atoms. The van der Waals surface area contributed by atoms with E-state index in [-0.39, 0.29) is 12.5 Å². The van der Waals surface area contributed by atoms with Crippen molar-refractivity contribution in [2.45, 2.75) is 37.1 Å². The highest BCUT2D eigenvalue weighted by Gasteiger charge is 2.30. The third kappa shape index (κ3) is 6.07. The van der Waals surface area contributed by atoms with E-state index in [2.05, 4.69) is 20.5 Å². The zero-order valence-corrected chi connectivity index (χ0v) is 19.6. The molecule has 6 nitrogen and oxygen atoms in total. The molecule has 0 saturated heterocycles. The highest BCUT2D eigenvalue weighted by molar-refractivity contribution is 7.98. The van der Waals surface area contributed by atoms with Gasteiger partial charge in [-0.05, 0) is 54.4 Å². The van der Waals surface area contributed by atoms with E-state index in [0.717, 1.165) is 40.8 Å². The van der Waals surface area contributed by atoms with Gasteiger partial charge in [-0.15, -0.1) is 10.2 Å². The highest BCUT2D eigenvalue weighted by Crippen LogP contribution is 2.29. The number of thioether (sulfide) groups is 1. The summed E-state index contributed by atoms with van der Waals surface area (Å²) in [6.07, 6.45) is -0.985. The van der Waals surface area contributed by atoms with Crippen LogP contribution in [0.4, 0.5) is 13.2 Å². The van der Waals surface area contributed by atoms with Crippen LogP contribution >= 0.6 is 11.8 Å². The zero-order chi connectivity index (χ0) is 24.8. The maximum Gasteiger partial charge on any atom is 0.416 e. The average Bonchev–Trinajstić information content (AvgIpc) is 3.29. The lowest BCUT2D eigenvalue weighted by molar-refractivity contribution is -0.137. The highest BCUT2D eigenvalue weighted by atomic mass is 32.2. The second-order valence-electron chi connectivity index (χ2n) is 7.65. The van der Waals surface area contributed by atoms with Crippen LogP contribution in [0, 0.1) is 0 Å². The molecule has 4 rings (SSSR count). The van der Waals surface area contributed by atoms with Gasteiger partial charge in [-0.3, -0.25) is 9.78 Å². The minimum atomic E-state index is -4.42. The Labute approximate surface area is 204 Å². The van der Waals surface area contributed by atoms with E-state index in [1.807, 2.05) is 35.8 Å². The molecular weight excluding hydrogens is 475 g/mol. The lowest BCUT2D eigenvalue weighted by atomic mass is 10.1. The van der Waals surface area contributed by atoms with Crippen molar-refractivity contribution in [3.63, 3.8) is 0 Å². The van der Waals surface area contributed by atoms with Crippen molar-refractivity contribution < 1.29 is 18.0 Å². The Bertz CT molecular complexity index is 1290. The third-order valence-electron chi connectivity index (χ3n) is 5.26. The normalized spacial score (nSPS) is 11.4. The van der Waals surface area contributed by atoms with E-state index in [1.54, 1.807) is 42.4 Å². The first kappa shape index (κ1) is 24.5. The SMILES string of the molecule is CCn1c(SCc2ccc(C(=O)NCc3cccc(C(F)(F)F)c3)cc2)nnc1-c1ccncc1. The molecule has 4 aromatic rings. The fourth-order valence-electron chi connectivity index (χ4n) is 3.44. The van der Waals surface area contributed by atoms with Gasteiger partial charge in [0.2, 0.25) is 0 Å². The summed E-state index contributed by atoms with van der Waals surface area (Å²) >= 11 is 1.55. The van der Waals surface area contributed by atoms with Crippen LogP contribution in [0.2, 0.25) is 0 Å². The van der Waals surface area contributed by atoms with Crippen molar-refractivity contribution in [2.24, 2.45) is 0 Å². The summed E-state index contributed by atoms with van der Waals surface area (Å²) in [4.78, 5) is 16.5. The topological polar surface area (TPSA) is 72.7 Å². The summed E-state index contributed by atoms with van der Waals surface area (Å²) < 4.78 is 40.6. The first-order chi connectivity index (χ1) is 16.8. The fourth-order valence-corrected chi connectivity index (χ4v) is 4.40. The quantitative estimate of drug-likeness (QED) is 0.321. The number of hydrogen-bond donors (Lipinski definition) is 1. The lowest BCUT2D eigenvalue weighted by Crippen LogP contribution is -2.23. The molecule has 0 radical (unpaired) electrons. The van der Waals surface area contributed by atoms with Crippen molar-refractivity contribution >= 4 is 17.7 Å². The summed E-state index contributed by atoms with van der Waals surface area (Å²) in [6.45, 7) is 2.76. The maximum atomic E-state index is 12.9. The Balaban J connectivity index is 1.35. The van der Waals surface area contributed by atoms with Gasteiger partial charge in [-0.2, -0.15) is 13.2 Å². The molecule has 0 aliphatic carbocycles. The molecule has 2 heterocycles. The monoisotopic (exact) mass is 497 g/mol. The number of benzene rings is 2. The Morgan fingerprint density at radius 3 is 2.43 bits per heavy atom. The number of pyridine rings is 1. The van der Waals surface area contributed by atoms with Gasteiger partial charge in [0.25, 0.3) is 5.91 Å². The first-order valence-corrected chi connectivity index (χ1v) is 11.8. The molecule has 0 atom stereocenters. The number of rotatable bonds is 8.